The van der Waals surface area contributed by atoms with Crippen LogP contribution in [0.15, 0.2) is 47.2 Å². The topological polar surface area (TPSA) is 55.1 Å². The van der Waals surface area contributed by atoms with E-state index in [0.29, 0.717) is 0 Å². The third-order valence-corrected chi connectivity index (χ3v) is 2.76. The van der Waals surface area contributed by atoms with Crippen LogP contribution in [-0.4, -0.2) is 10.9 Å². The Kier molecular flexibility index (Phi) is 2.90. The van der Waals surface area contributed by atoms with Crippen LogP contribution in [0.2, 0.25) is 0 Å². The van der Waals surface area contributed by atoms with Crippen molar-refractivity contribution in [3.8, 4) is 0 Å². The number of benzene rings is 1. The number of rotatable bonds is 2. The largest absolute Gasteiger partial charge is 0.459 e. The van der Waals surface area contributed by atoms with Gasteiger partial charge >= 0.3 is 0 Å². The number of carbonyl (C=O) groups excluding carboxylic acids is 1. The average Bonchev–Trinajstić information content (AvgIpc) is 2.93. The summed E-state index contributed by atoms with van der Waals surface area (Å²) in [5.41, 5.74) is 0.249. The van der Waals surface area contributed by atoms with Gasteiger partial charge in [0.25, 0.3) is 5.91 Å². The van der Waals surface area contributed by atoms with Crippen molar-refractivity contribution in [1.82, 2.24) is 4.98 Å². The molecule has 100 valence electrons. The van der Waals surface area contributed by atoms with Gasteiger partial charge in [-0.15, -0.1) is 0 Å². The predicted molar refractivity (Wildman–Crippen MR) is 68.3 cm³/mol. The molecule has 20 heavy (non-hydrogen) atoms. The van der Waals surface area contributed by atoms with Gasteiger partial charge in [0.1, 0.15) is 11.3 Å². The van der Waals surface area contributed by atoms with E-state index >= 15 is 0 Å². The Morgan fingerprint density at radius 2 is 2.10 bits per heavy atom. The van der Waals surface area contributed by atoms with E-state index in [0.717, 1.165) is 12.1 Å². The number of amides is 1. The molecule has 0 bridgehead atoms. The molecule has 0 saturated heterocycles. The summed E-state index contributed by atoms with van der Waals surface area (Å²) in [7, 11) is 0. The number of furan rings is 1. The smallest absolute Gasteiger partial charge is 0.291 e. The number of hydrogen-bond donors (Lipinski definition) is 1. The molecule has 0 aliphatic carbocycles. The van der Waals surface area contributed by atoms with Crippen molar-refractivity contribution >= 4 is 22.5 Å². The molecule has 0 saturated carbocycles. The number of nitrogens with zero attached hydrogens (tertiary/aromatic N) is 1. The SMILES string of the molecule is O=C(Nc1ccnc2c(F)cc(F)cc12)c1ccco1. The Labute approximate surface area is 112 Å². The van der Waals surface area contributed by atoms with Crippen LogP contribution >= 0.6 is 0 Å². The summed E-state index contributed by atoms with van der Waals surface area (Å²) in [5.74, 6) is -1.93. The number of fused-ring (bicyclic) bond motifs is 1. The number of carbonyl (C=O) groups is 1. The third kappa shape index (κ3) is 2.11. The summed E-state index contributed by atoms with van der Waals surface area (Å²) in [6.45, 7) is 0. The van der Waals surface area contributed by atoms with E-state index in [1.165, 1.54) is 24.6 Å². The van der Waals surface area contributed by atoms with Crippen LogP contribution in [0.1, 0.15) is 10.6 Å². The lowest BCUT2D eigenvalue weighted by molar-refractivity contribution is 0.0997. The van der Waals surface area contributed by atoms with Gasteiger partial charge in [-0.05, 0) is 24.3 Å². The predicted octanol–water partition coefficient (Wildman–Crippen LogP) is 3.36. The van der Waals surface area contributed by atoms with E-state index in [1.807, 2.05) is 0 Å². The molecule has 1 aromatic carbocycles. The zero-order valence-electron chi connectivity index (χ0n) is 10.1. The maximum absolute atomic E-state index is 13.6. The van der Waals surface area contributed by atoms with Gasteiger partial charge in [0.2, 0.25) is 0 Å². The van der Waals surface area contributed by atoms with Gasteiger partial charge in [0, 0.05) is 17.6 Å². The quantitative estimate of drug-likeness (QED) is 0.779. The molecule has 0 aliphatic heterocycles. The van der Waals surface area contributed by atoms with E-state index in [4.69, 9.17) is 4.42 Å². The standard InChI is InChI=1S/C14H8F2N2O2/c15-8-6-9-11(3-4-17-13(9)10(16)7-8)18-14(19)12-2-1-5-20-12/h1-7H,(H,17,18,19). The van der Waals surface area contributed by atoms with E-state index in [-0.39, 0.29) is 22.4 Å². The molecule has 3 rings (SSSR count). The average molecular weight is 274 g/mol. The number of hydrogen-bond acceptors (Lipinski definition) is 3. The van der Waals surface area contributed by atoms with Crippen LogP contribution in [0.5, 0.6) is 0 Å². The summed E-state index contributed by atoms with van der Waals surface area (Å²) >= 11 is 0. The number of nitrogens with one attached hydrogen (secondary N) is 1. The monoisotopic (exact) mass is 274 g/mol. The molecule has 2 aromatic heterocycles. The Morgan fingerprint density at radius 1 is 1.25 bits per heavy atom. The van der Waals surface area contributed by atoms with Crippen molar-refractivity contribution in [2.75, 3.05) is 5.32 Å². The molecule has 1 N–H and O–H groups in total. The zero-order valence-corrected chi connectivity index (χ0v) is 10.1. The molecule has 0 spiro atoms. The first-order chi connectivity index (χ1) is 9.65. The maximum atomic E-state index is 13.6. The summed E-state index contributed by atoms with van der Waals surface area (Å²) < 4.78 is 31.8. The highest BCUT2D eigenvalue weighted by Crippen LogP contribution is 2.25. The van der Waals surface area contributed by atoms with E-state index < -0.39 is 17.5 Å². The van der Waals surface area contributed by atoms with Crippen molar-refractivity contribution in [2.45, 2.75) is 0 Å². The molecule has 0 atom stereocenters. The molecule has 4 nitrogen and oxygen atoms in total. The van der Waals surface area contributed by atoms with Crippen molar-refractivity contribution in [3.63, 3.8) is 0 Å². The Hall–Kier alpha value is -2.76. The Morgan fingerprint density at radius 3 is 2.85 bits per heavy atom. The lowest BCUT2D eigenvalue weighted by atomic mass is 10.1. The van der Waals surface area contributed by atoms with Gasteiger partial charge in [0.15, 0.2) is 11.6 Å². The third-order valence-electron chi connectivity index (χ3n) is 2.76. The lowest BCUT2D eigenvalue weighted by Crippen LogP contribution is -2.11. The van der Waals surface area contributed by atoms with Gasteiger partial charge in [0.05, 0.1) is 12.0 Å². The van der Waals surface area contributed by atoms with Gasteiger partial charge < -0.3 is 9.73 Å². The second kappa shape index (κ2) is 4.73. The minimum absolute atomic E-state index is 0.0105. The summed E-state index contributed by atoms with van der Waals surface area (Å²) in [6.07, 6.45) is 2.69. The fourth-order valence-corrected chi connectivity index (χ4v) is 1.88. The minimum atomic E-state index is -0.783. The summed E-state index contributed by atoms with van der Waals surface area (Å²) in [5, 5.41) is 2.72. The van der Waals surface area contributed by atoms with Crippen LogP contribution in [0, 0.1) is 11.6 Å². The van der Waals surface area contributed by atoms with Crippen molar-refractivity contribution < 1.29 is 18.0 Å². The van der Waals surface area contributed by atoms with Gasteiger partial charge in [-0.2, -0.15) is 0 Å². The van der Waals surface area contributed by atoms with Crippen LogP contribution in [-0.2, 0) is 0 Å². The Bertz CT molecular complexity index is 785. The number of halogens is 2. The fraction of sp³-hybridized carbons (Fsp3) is 0. The van der Waals surface area contributed by atoms with Crippen LogP contribution in [0.25, 0.3) is 10.9 Å². The van der Waals surface area contributed by atoms with Crippen molar-refractivity contribution in [3.05, 3.63) is 60.2 Å². The number of pyridine rings is 1. The first-order valence-corrected chi connectivity index (χ1v) is 5.74. The van der Waals surface area contributed by atoms with Crippen molar-refractivity contribution in [1.29, 1.82) is 0 Å². The van der Waals surface area contributed by atoms with Gasteiger partial charge in [-0.3, -0.25) is 9.78 Å². The van der Waals surface area contributed by atoms with Crippen LogP contribution < -0.4 is 5.32 Å². The second-order valence-corrected chi connectivity index (χ2v) is 4.07. The highest BCUT2D eigenvalue weighted by atomic mass is 19.1. The van der Waals surface area contributed by atoms with Crippen LogP contribution in [0.4, 0.5) is 14.5 Å². The van der Waals surface area contributed by atoms with E-state index in [9.17, 15) is 13.6 Å². The second-order valence-electron chi connectivity index (χ2n) is 4.07. The molecule has 0 aliphatic rings. The minimum Gasteiger partial charge on any atom is -0.459 e. The normalized spacial score (nSPS) is 10.7. The molecular formula is C14H8F2N2O2. The first kappa shape index (κ1) is 12.3. The molecule has 3 aromatic rings. The van der Waals surface area contributed by atoms with Crippen LogP contribution in [0.3, 0.4) is 0 Å². The lowest BCUT2D eigenvalue weighted by Gasteiger charge is -2.07. The number of aromatic nitrogens is 1. The molecule has 0 radical (unpaired) electrons. The highest BCUT2D eigenvalue weighted by Gasteiger charge is 2.13. The first-order valence-electron chi connectivity index (χ1n) is 5.74. The molecule has 0 fully saturated rings. The fourth-order valence-electron chi connectivity index (χ4n) is 1.88. The van der Waals surface area contributed by atoms with Crippen molar-refractivity contribution in [2.24, 2.45) is 0 Å². The molecule has 6 heteroatoms. The highest BCUT2D eigenvalue weighted by molar-refractivity contribution is 6.07. The number of anilines is 1. The summed E-state index contributed by atoms with van der Waals surface area (Å²) in [4.78, 5) is 15.7. The molecular weight excluding hydrogens is 266 g/mol. The maximum Gasteiger partial charge on any atom is 0.291 e. The zero-order chi connectivity index (χ0) is 14.1. The summed E-state index contributed by atoms with van der Waals surface area (Å²) in [6, 6.07) is 6.37. The van der Waals surface area contributed by atoms with E-state index in [1.54, 1.807) is 6.07 Å². The molecule has 2 heterocycles. The Balaban J connectivity index is 2.06. The van der Waals surface area contributed by atoms with Gasteiger partial charge in [-0.25, -0.2) is 8.78 Å². The molecule has 0 unspecified atom stereocenters. The van der Waals surface area contributed by atoms with Gasteiger partial charge in [-0.1, -0.05) is 0 Å². The molecule has 1 amide bonds. The van der Waals surface area contributed by atoms with E-state index in [2.05, 4.69) is 10.3 Å².